The Labute approximate surface area is 158 Å². The van der Waals surface area contributed by atoms with Crippen molar-refractivity contribution < 1.29 is 14.6 Å². The van der Waals surface area contributed by atoms with Crippen molar-refractivity contribution in [3.05, 3.63) is 24.3 Å². The molecule has 26 heavy (non-hydrogen) atoms. The van der Waals surface area contributed by atoms with Gasteiger partial charge in [0.15, 0.2) is 0 Å². The fraction of sp³-hybridized carbons (Fsp3) is 0.783. The van der Waals surface area contributed by atoms with E-state index in [0.29, 0.717) is 18.4 Å². The van der Waals surface area contributed by atoms with Crippen LogP contribution in [0.5, 0.6) is 0 Å². The maximum atomic E-state index is 13.0. The molecule has 2 saturated carbocycles. The van der Waals surface area contributed by atoms with Crippen molar-refractivity contribution >= 4 is 5.97 Å². The van der Waals surface area contributed by atoms with E-state index in [4.69, 9.17) is 4.74 Å². The third-order valence-electron chi connectivity index (χ3n) is 7.86. The average Bonchev–Trinajstić information content (AvgIpc) is 2.75. The average molecular weight is 361 g/mol. The molecule has 2 fully saturated rings. The SMILES string of the molecule is C=C[C@]1(C)C=C(C)[C@H]2[C@@H]([C@H](O)[C@H]3[C@H](C)C[C@H](C)C[C@@]32C)[C@@H]1C(=O)OCC. The highest BCUT2D eigenvalue weighted by molar-refractivity contribution is 5.75. The van der Waals surface area contributed by atoms with Crippen LogP contribution in [0.2, 0.25) is 0 Å². The first kappa shape index (κ1) is 19.7. The summed E-state index contributed by atoms with van der Waals surface area (Å²) in [7, 11) is 0. The largest absolute Gasteiger partial charge is 0.466 e. The van der Waals surface area contributed by atoms with Gasteiger partial charge in [-0.2, -0.15) is 0 Å². The van der Waals surface area contributed by atoms with Gasteiger partial charge in [-0.1, -0.05) is 45.4 Å². The van der Waals surface area contributed by atoms with Crippen LogP contribution in [0.25, 0.3) is 0 Å². The van der Waals surface area contributed by atoms with E-state index in [-0.39, 0.29) is 35.1 Å². The molecule has 3 aliphatic carbocycles. The molecular weight excluding hydrogens is 324 g/mol. The number of aliphatic hydroxyl groups excluding tert-OH is 1. The van der Waals surface area contributed by atoms with Crippen LogP contribution in [0, 0.1) is 46.3 Å². The minimum atomic E-state index is -0.475. The number of fused-ring (bicyclic) bond motifs is 3. The highest BCUT2D eigenvalue weighted by Crippen LogP contribution is 2.67. The topological polar surface area (TPSA) is 46.5 Å². The molecule has 3 nitrogen and oxygen atoms in total. The van der Waals surface area contributed by atoms with Crippen LogP contribution >= 0.6 is 0 Å². The van der Waals surface area contributed by atoms with Crippen LogP contribution in [0.3, 0.4) is 0 Å². The van der Waals surface area contributed by atoms with E-state index in [1.54, 1.807) is 0 Å². The van der Waals surface area contributed by atoms with Gasteiger partial charge in [0.1, 0.15) is 0 Å². The molecule has 0 amide bonds. The molecule has 0 saturated heterocycles. The summed E-state index contributed by atoms with van der Waals surface area (Å²) in [6, 6.07) is 0. The molecule has 3 heteroatoms. The minimum absolute atomic E-state index is 0.0367. The number of rotatable bonds is 3. The highest BCUT2D eigenvalue weighted by atomic mass is 16.5. The summed E-state index contributed by atoms with van der Waals surface area (Å²) in [5, 5.41) is 11.5. The third-order valence-corrected chi connectivity index (χ3v) is 7.86. The Morgan fingerprint density at radius 2 is 2.08 bits per heavy atom. The van der Waals surface area contributed by atoms with Crippen molar-refractivity contribution in [3.63, 3.8) is 0 Å². The highest BCUT2D eigenvalue weighted by Gasteiger charge is 2.66. The Morgan fingerprint density at radius 1 is 1.42 bits per heavy atom. The van der Waals surface area contributed by atoms with Crippen molar-refractivity contribution in [2.75, 3.05) is 6.61 Å². The maximum Gasteiger partial charge on any atom is 0.310 e. The number of aliphatic hydroxyl groups is 1. The molecule has 0 aromatic rings. The van der Waals surface area contributed by atoms with Gasteiger partial charge in [-0.05, 0) is 55.8 Å². The lowest BCUT2D eigenvalue weighted by Gasteiger charge is -2.49. The van der Waals surface area contributed by atoms with Gasteiger partial charge in [0.05, 0.1) is 18.6 Å². The normalized spacial score (nSPS) is 50.4. The van der Waals surface area contributed by atoms with Crippen molar-refractivity contribution in [3.8, 4) is 0 Å². The van der Waals surface area contributed by atoms with E-state index in [0.717, 1.165) is 12.8 Å². The lowest BCUT2D eigenvalue weighted by atomic mass is 9.54. The van der Waals surface area contributed by atoms with Crippen LogP contribution < -0.4 is 0 Å². The van der Waals surface area contributed by atoms with Gasteiger partial charge in [-0.15, -0.1) is 6.58 Å². The van der Waals surface area contributed by atoms with Gasteiger partial charge in [0, 0.05) is 11.3 Å². The Morgan fingerprint density at radius 3 is 2.65 bits per heavy atom. The van der Waals surface area contributed by atoms with Crippen LogP contribution in [-0.4, -0.2) is 23.8 Å². The zero-order valence-electron chi connectivity index (χ0n) is 17.3. The van der Waals surface area contributed by atoms with Crippen LogP contribution in [0.15, 0.2) is 24.3 Å². The fourth-order valence-electron chi connectivity index (χ4n) is 7.47. The Hall–Kier alpha value is -1.09. The number of ether oxygens (including phenoxy) is 1. The summed E-state index contributed by atoms with van der Waals surface area (Å²) < 4.78 is 5.48. The van der Waals surface area contributed by atoms with Gasteiger partial charge in [-0.25, -0.2) is 0 Å². The molecule has 3 rings (SSSR count). The molecule has 3 aliphatic rings. The molecule has 0 bridgehead atoms. The number of esters is 1. The number of allylic oxidation sites excluding steroid dienone is 3. The molecule has 0 aromatic heterocycles. The molecule has 0 aliphatic heterocycles. The molecule has 146 valence electrons. The summed E-state index contributed by atoms with van der Waals surface area (Å²) in [5.74, 6) is 0.944. The standard InChI is InChI=1S/C23H36O3/c1-8-22(6)12-15(5)17-16(19(22)21(25)26-9-2)20(24)18-14(4)10-13(3)11-23(17,18)7/h8,12-14,16-20,24H,1,9-11H2,2-7H3/t13-,14+,16+,17-,18+,19+,20-,22+,23+/m0/s1. The van der Waals surface area contributed by atoms with Crippen LogP contribution in [-0.2, 0) is 9.53 Å². The van der Waals surface area contributed by atoms with Crippen molar-refractivity contribution in [1.29, 1.82) is 0 Å². The molecule has 0 radical (unpaired) electrons. The first-order chi connectivity index (χ1) is 12.1. The quantitative estimate of drug-likeness (QED) is 0.590. The summed E-state index contributed by atoms with van der Waals surface area (Å²) in [5.41, 5.74) is 0.870. The maximum absolute atomic E-state index is 13.0. The van der Waals surface area contributed by atoms with Crippen molar-refractivity contribution in [2.45, 2.75) is 60.5 Å². The van der Waals surface area contributed by atoms with Crippen LogP contribution in [0.1, 0.15) is 54.4 Å². The van der Waals surface area contributed by atoms with Crippen LogP contribution in [0.4, 0.5) is 0 Å². The van der Waals surface area contributed by atoms with Gasteiger partial charge >= 0.3 is 5.97 Å². The number of carbonyl (C=O) groups excluding carboxylic acids is 1. The van der Waals surface area contributed by atoms with Gasteiger partial charge in [0.25, 0.3) is 0 Å². The Kier molecular flexibility index (Phi) is 4.92. The molecule has 9 atom stereocenters. The monoisotopic (exact) mass is 360 g/mol. The first-order valence-electron chi connectivity index (χ1n) is 10.3. The lowest BCUT2D eigenvalue weighted by molar-refractivity contribution is -0.156. The Bertz CT molecular complexity index is 623. The van der Waals surface area contributed by atoms with E-state index >= 15 is 0 Å². The summed E-state index contributed by atoms with van der Waals surface area (Å²) in [4.78, 5) is 13.0. The molecule has 0 spiro atoms. The third kappa shape index (κ3) is 2.61. The predicted molar refractivity (Wildman–Crippen MR) is 104 cm³/mol. The molecule has 0 heterocycles. The fourth-order valence-corrected chi connectivity index (χ4v) is 7.47. The second kappa shape index (κ2) is 6.51. The summed E-state index contributed by atoms with van der Waals surface area (Å²) >= 11 is 0. The van der Waals surface area contributed by atoms with E-state index in [2.05, 4.69) is 47.3 Å². The first-order valence-corrected chi connectivity index (χ1v) is 10.3. The zero-order valence-corrected chi connectivity index (χ0v) is 17.3. The summed E-state index contributed by atoms with van der Waals surface area (Å²) in [6.45, 7) is 17.5. The Balaban J connectivity index is 2.15. The second-order valence-electron chi connectivity index (χ2n) is 9.79. The number of carbonyl (C=O) groups is 1. The molecule has 0 aromatic carbocycles. The summed E-state index contributed by atoms with van der Waals surface area (Å²) in [6.07, 6.45) is 5.91. The van der Waals surface area contributed by atoms with Gasteiger partial charge in [0.2, 0.25) is 0 Å². The number of hydrogen-bond acceptors (Lipinski definition) is 3. The minimum Gasteiger partial charge on any atom is -0.466 e. The van der Waals surface area contributed by atoms with E-state index in [1.807, 2.05) is 13.0 Å². The molecule has 0 unspecified atom stereocenters. The van der Waals surface area contributed by atoms with Gasteiger partial charge < -0.3 is 9.84 Å². The van der Waals surface area contributed by atoms with Gasteiger partial charge in [-0.3, -0.25) is 4.79 Å². The van der Waals surface area contributed by atoms with Crippen molar-refractivity contribution in [1.82, 2.24) is 0 Å². The lowest BCUT2D eigenvalue weighted by Crippen LogP contribution is -2.47. The number of hydrogen-bond donors (Lipinski definition) is 1. The second-order valence-corrected chi connectivity index (χ2v) is 9.79. The van der Waals surface area contributed by atoms with Crippen molar-refractivity contribution in [2.24, 2.45) is 46.3 Å². The predicted octanol–water partition coefficient (Wildman–Crippen LogP) is 4.61. The molecule has 1 N–H and O–H groups in total. The van der Waals surface area contributed by atoms with E-state index in [9.17, 15) is 9.90 Å². The van der Waals surface area contributed by atoms with E-state index < -0.39 is 11.5 Å². The zero-order chi connectivity index (χ0) is 19.4. The smallest absolute Gasteiger partial charge is 0.310 e. The van der Waals surface area contributed by atoms with E-state index in [1.165, 1.54) is 5.57 Å². The molecular formula is C23H36O3.